The van der Waals surface area contributed by atoms with Gasteiger partial charge in [-0.2, -0.15) is 0 Å². The van der Waals surface area contributed by atoms with Crippen LogP contribution in [0.2, 0.25) is 0 Å². The first-order chi connectivity index (χ1) is 10.5. The fourth-order valence-corrected chi connectivity index (χ4v) is 3.18. The quantitative estimate of drug-likeness (QED) is 0.901. The summed E-state index contributed by atoms with van der Waals surface area (Å²) in [5.41, 5.74) is 3.24. The molecule has 1 aromatic heterocycles. The van der Waals surface area contributed by atoms with Crippen molar-refractivity contribution in [2.45, 2.75) is 24.4 Å². The number of nitrogens with one attached hydrogen (secondary N) is 2. The number of fused-ring (bicyclic) bond motifs is 1. The van der Waals surface area contributed by atoms with Crippen LogP contribution in [0.4, 0.5) is 5.69 Å². The molecule has 6 nitrogen and oxygen atoms in total. The van der Waals surface area contributed by atoms with Gasteiger partial charge < -0.3 is 9.73 Å². The molecule has 0 saturated heterocycles. The molecule has 1 aromatic carbocycles. The Bertz CT molecular complexity index is 824. The van der Waals surface area contributed by atoms with Gasteiger partial charge in [-0.15, -0.1) is 0 Å². The van der Waals surface area contributed by atoms with E-state index in [1.165, 1.54) is 30.3 Å². The van der Waals surface area contributed by atoms with Gasteiger partial charge in [0.15, 0.2) is 5.76 Å². The van der Waals surface area contributed by atoms with Crippen molar-refractivity contribution in [3.05, 3.63) is 47.2 Å². The van der Waals surface area contributed by atoms with Crippen LogP contribution in [0.1, 0.15) is 28.1 Å². The lowest BCUT2D eigenvalue weighted by Gasteiger charge is -2.06. The molecule has 3 rings (SSSR count). The van der Waals surface area contributed by atoms with E-state index < -0.39 is 15.9 Å². The van der Waals surface area contributed by atoms with E-state index in [9.17, 15) is 13.2 Å². The lowest BCUT2D eigenvalue weighted by Crippen LogP contribution is -2.18. The zero-order valence-corrected chi connectivity index (χ0v) is 12.9. The minimum absolute atomic E-state index is 0.0469. The smallest absolute Gasteiger partial charge is 0.291 e. The minimum Gasteiger partial charge on any atom is -0.438 e. The monoisotopic (exact) mass is 320 g/mol. The van der Waals surface area contributed by atoms with E-state index in [4.69, 9.17) is 4.42 Å². The molecule has 1 heterocycles. The van der Waals surface area contributed by atoms with Crippen LogP contribution in [-0.2, 0) is 22.9 Å². The van der Waals surface area contributed by atoms with E-state index in [2.05, 4.69) is 10.0 Å². The van der Waals surface area contributed by atoms with Gasteiger partial charge in [-0.1, -0.05) is 6.07 Å². The lowest BCUT2D eigenvalue weighted by molar-refractivity contribution is 0.0991. The van der Waals surface area contributed by atoms with Crippen molar-refractivity contribution in [2.24, 2.45) is 0 Å². The third-order valence-electron chi connectivity index (χ3n) is 3.70. The van der Waals surface area contributed by atoms with E-state index in [-0.39, 0.29) is 10.9 Å². The summed E-state index contributed by atoms with van der Waals surface area (Å²) in [5.74, 6) is -0.523. The fraction of sp³-hybridized carbons (Fsp3) is 0.267. The molecular weight excluding hydrogens is 304 g/mol. The Labute approximate surface area is 128 Å². The Morgan fingerprint density at radius 2 is 1.91 bits per heavy atom. The van der Waals surface area contributed by atoms with Gasteiger partial charge in [0, 0.05) is 5.69 Å². The average Bonchev–Trinajstić information content (AvgIpc) is 3.16. The maximum Gasteiger partial charge on any atom is 0.291 e. The first-order valence-electron chi connectivity index (χ1n) is 6.96. The predicted octanol–water partition coefficient (Wildman–Crippen LogP) is 1.93. The highest BCUT2D eigenvalue weighted by Gasteiger charge is 2.20. The van der Waals surface area contributed by atoms with Crippen molar-refractivity contribution < 1.29 is 17.6 Å². The Kier molecular flexibility index (Phi) is 3.76. The maximum atomic E-state index is 12.1. The highest BCUT2D eigenvalue weighted by molar-refractivity contribution is 7.89. The largest absolute Gasteiger partial charge is 0.438 e. The Hall–Kier alpha value is -2.12. The van der Waals surface area contributed by atoms with Crippen LogP contribution in [-0.4, -0.2) is 21.4 Å². The van der Waals surface area contributed by atoms with Gasteiger partial charge in [-0.25, -0.2) is 13.1 Å². The molecule has 0 aliphatic heterocycles. The molecule has 0 radical (unpaired) electrons. The standard InChI is InChI=1S/C15H16N2O4S/c1-16-22(19,20)14-8-7-13(21-14)15(18)17-12-6-5-10-3-2-4-11(10)9-12/h5-9,16H,2-4H2,1H3,(H,17,18). The Morgan fingerprint density at radius 1 is 1.14 bits per heavy atom. The van der Waals surface area contributed by atoms with E-state index in [0.29, 0.717) is 5.69 Å². The topological polar surface area (TPSA) is 88.4 Å². The molecule has 0 atom stereocenters. The minimum atomic E-state index is -3.69. The Balaban J connectivity index is 1.78. The van der Waals surface area contributed by atoms with Gasteiger partial charge >= 0.3 is 0 Å². The van der Waals surface area contributed by atoms with Crippen molar-refractivity contribution in [1.82, 2.24) is 4.72 Å². The molecule has 7 heteroatoms. The number of carbonyl (C=O) groups is 1. The van der Waals surface area contributed by atoms with E-state index in [1.807, 2.05) is 18.2 Å². The number of carbonyl (C=O) groups excluding carboxylic acids is 1. The van der Waals surface area contributed by atoms with Crippen LogP contribution in [0.3, 0.4) is 0 Å². The summed E-state index contributed by atoms with van der Waals surface area (Å²) in [4.78, 5) is 12.1. The van der Waals surface area contributed by atoms with E-state index in [1.54, 1.807) is 0 Å². The summed E-state index contributed by atoms with van der Waals surface area (Å²) in [6.45, 7) is 0. The number of aryl methyl sites for hydroxylation is 2. The van der Waals surface area contributed by atoms with Gasteiger partial charge in [0.25, 0.3) is 15.9 Å². The zero-order valence-electron chi connectivity index (χ0n) is 12.0. The third-order valence-corrected chi connectivity index (χ3v) is 4.98. The first kappa shape index (κ1) is 14.8. The number of hydrogen-bond acceptors (Lipinski definition) is 4. The van der Waals surface area contributed by atoms with Crippen LogP contribution in [0.5, 0.6) is 0 Å². The van der Waals surface area contributed by atoms with Gasteiger partial charge in [-0.3, -0.25) is 4.79 Å². The van der Waals surface area contributed by atoms with Gasteiger partial charge in [0.2, 0.25) is 5.09 Å². The second-order valence-electron chi connectivity index (χ2n) is 5.12. The number of sulfonamides is 1. The molecule has 116 valence electrons. The summed E-state index contributed by atoms with van der Waals surface area (Å²) in [5, 5.41) is 2.44. The predicted molar refractivity (Wildman–Crippen MR) is 81.4 cm³/mol. The lowest BCUT2D eigenvalue weighted by atomic mass is 10.1. The molecule has 1 aliphatic carbocycles. The number of amides is 1. The molecule has 2 N–H and O–H groups in total. The molecular formula is C15H16N2O4S. The fourth-order valence-electron chi connectivity index (χ4n) is 2.53. The third kappa shape index (κ3) is 2.77. The van der Waals surface area contributed by atoms with Crippen molar-refractivity contribution >= 4 is 21.6 Å². The average molecular weight is 320 g/mol. The van der Waals surface area contributed by atoms with Crippen molar-refractivity contribution in [1.29, 1.82) is 0 Å². The first-order valence-corrected chi connectivity index (χ1v) is 8.44. The zero-order chi connectivity index (χ0) is 15.7. The Morgan fingerprint density at radius 3 is 2.68 bits per heavy atom. The molecule has 1 aliphatic rings. The highest BCUT2D eigenvalue weighted by atomic mass is 32.2. The number of benzene rings is 1. The van der Waals surface area contributed by atoms with Gasteiger partial charge in [0.05, 0.1) is 0 Å². The molecule has 0 unspecified atom stereocenters. The van der Waals surface area contributed by atoms with E-state index >= 15 is 0 Å². The van der Waals surface area contributed by atoms with Crippen LogP contribution in [0, 0.1) is 0 Å². The molecule has 0 saturated carbocycles. The molecule has 1 amide bonds. The molecule has 22 heavy (non-hydrogen) atoms. The summed E-state index contributed by atoms with van der Waals surface area (Å²) >= 11 is 0. The number of anilines is 1. The van der Waals surface area contributed by atoms with Crippen LogP contribution in [0.15, 0.2) is 39.8 Å². The molecule has 0 bridgehead atoms. The van der Waals surface area contributed by atoms with Crippen LogP contribution in [0.25, 0.3) is 0 Å². The maximum absolute atomic E-state index is 12.1. The summed E-state index contributed by atoms with van der Waals surface area (Å²) in [6, 6.07) is 8.40. The second kappa shape index (κ2) is 5.58. The normalized spacial score (nSPS) is 13.9. The van der Waals surface area contributed by atoms with Crippen molar-refractivity contribution in [2.75, 3.05) is 12.4 Å². The molecule has 0 fully saturated rings. The summed E-state index contributed by atoms with van der Waals surface area (Å²) in [6.07, 6.45) is 3.23. The second-order valence-corrected chi connectivity index (χ2v) is 6.93. The van der Waals surface area contributed by atoms with Gasteiger partial charge in [0.1, 0.15) is 0 Å². The number of furan rings is 1. The number of hydrogen-bond donors (Lipinski definition) is 2. The highest BCUT2D eigenvalue weighted by Crippen LogP contribution is 2.25. The SMILES string of the molecule is CNS(=O)(=O)c1ccc(C(=O)Nc2ccc3c(c2)CCC3)o1. The van der Waals surface area contributed by atoms with Crippen LogP contribution >= 0.6 is 0 Å². The summed E-state index contributed by atoms with van der Waals surface area (Å²) in [7, 11) is -2.41. The van der Waals surface area contributed by atoms with Crippen molar-refractivity contribution in [3.63, 3.8) is 0 Å². The molecule has 2 aromatic rings. The molecule has 0 spiro atoms. The van der Waals surface area contributed by atoms with E-state index in [0.717, 1.165) is 19.3 Å². The number of rotatable bonds is 4. The summed E-state index contributed by atoms with van der Waals surface area (Å²) < 4.78 is 30.4. The van der Waals surface area contributed by atoms with Crippen LogP contribution < -0.4 is 10.0 Å². The van der Waals surface area contributed by atoms with Gasteiger partial charge in [-0.05, 0) is 61.7 Å². The van der Waals surface area contributed by atoms with Crippen molar-refractivity contribution in [3.8, 4) is 0 Å².